The van der Waals surface area contributed by atoms with Crippen LogP contribution in [0.4, 0.5) is 8.78 Å². The summed E-state index contributed by atoms with van der Waals surface area (Å²) in [7, 11) is 0. The predicted molar refractivity (Wildman–Crippen MR) is 78.5 cm³/mol. The summed E-state index contributed by atoms with van der Waals surface area (Å²) in [6.07, 6.45) is 3.12. The van der Waals surface area contributed by atoms with Gasteiger partial charge in [-0.25, -0.2) is 8.78 Å². The van der Waals surface area contributed by atoms with Gasteiger partial charge in [0.15, 0.2) is 0 Å². The average molecular weight is 315 g/mol. The van der Waals surface area contributed by atoms with Gasteiger partial charge in [-0.3, -0.25) is 10.1 Å². The molecule has 1 aromatic carbocycles. The maximum atomic E-state index is 13.4. The van der Waals surface area contributed by atoms with Gasteiger partial charge in [-0.15, -0.1) is 11.8 Å². The van der Waals surface area contributed by atoms with Gasteiger partial charge in [-0.05, 0) is 56.6 Å². The summed E-state index contributed by atoms with van der Waals surface area (Å²) in [5.41, 5.74) is -0.942. The predicted octanol–water partition coefficient (Wildman–Crippen LogP) is 3.43. The molecule has 0 aromatic heterocycles. The lowest BCUT2D eigenvalue weighted by Crippen LogP contribution is -2.50. The van der Waals surface area contributed by atoms with E-state index in [4.69, 9.17) is 0 Å². The van der Waals surface area contributed by atoms with Crippen LogP contribution < -0.4 is 5.32 Å². The first kappa shape index (κ1) is 16.2. The lowest BCUT2D eigenvalue weighted by atomic mass is 9.96. The number of aliphatic carboxylic acids is 1. The van der Waals surface area contributed by atoms with Crippen LogP contribution >= 0.6 is 11.8 Å². The highest BCUT2D eigenvalue weighted by atomic mass is 32.2. The quantitative estimate of drug-likeness (QED) is 0.570. The van der Waals surface area contributed by atoms with Crippen molar-refractivity contribution < 1.29 is 18.7 Å². The molecule has 3 nitrogen and oxygen atoms in total. The number of carboxylic acids is 1. The lowest BCUT2D eigenvalue weighted by molar-refractivity contribution is -0.144. The molecule has 0 spiro atoms. The van der Waals surface area contributed by atoms with E-state index in [2.05, 4.69) is 5.32 Å². The summed E-state index contributed by atoms with van der Waals surface area (Å²) in [6, 6.07) is 3.66. The number of benzene rings is 1. The number of thioether (sulfide) groups is 1. The minimum Gasteiger partial charge on any atom is -0.480 e. The van der Waals surface area contributed by atoms with E-state index in [0.717, 1.165) is 25.0 Å². The van der Waals surface area contributed by atoms with Crippen LogP contribution in [-0.4, -0.2) is 28.4 Å². The van der Waals surface area contributed by atoms with Crippen molar-refractivity contribution in [1.82, 2.24) is 5.32 Å². The van der Waals surface area contributed by atoms with E-state index in [9.17, 15) is 18.7 Å². The van der Waals surface area contributed by atoms with Crippen molar-refractivity contribution in [2.45, 2.75) is 49.1 Å². The Hall–Kier alpha value is -1.14. The molecular weight excluding hydrogens is 296 g/mol. The van der Waals surface area contributed by atoms with Crippen molar-refractivity contribution in [1.29, 1.82) is 0 Å². The molecular formula is C15H19F2NO2S. The number of rotatable bonds is 8. The van der Waals surface area contributed by atoms with Crippen LogP contribution in [0, 0.1) is 11.6 Å². The molecule has 0 saturated heterocycles. The molecule has 0 aliphatic heterocycles. The zero-order chi connectivity index (χ0) is 15.5. The first-order chi connectivity index (χ1) is 9.90. The normalized spacial score (nSPS) is 17.5. The monoisotopic (exact) mass is 315 g/mol. The fourth-order valence-electron chi connectivity index (χ4n) is 2.11. The third-order valence-corrected chi connectivity index (χ3v) is 4.66. The van der Waals surface area contributed by atoms with Crippen LogP contribution in [0.3, 0.4) is 0 Å². The largest absolute Gasteiger partial charge is 0.480 e. The maximum absolute atomic E-state index is 13.4. The van der Waals surface area contributed by atoms with Crippen LogP contribution in [0.25, 0.3) is 0 Å². The first-order valence-corrected chi connectivity index (χ1v) is 7.98. The number of carboxylic acid groups (broad SMARTS) is 1. The molecule has 1 aromatic rings. The van der Waals surface area contributed by atoms with Gasteiger partial charge < -0.3 is 5.11 Å². The Bertz CT molecular complexity index is 522. The second-order valence-electron chi connectivity index (χ2n) is 5.58. The van der Waals surface area contributed by atoms with Gasteiger partial charge in [0.1, 0.15) is 17.2 Å². The zero-order valence-corrected chi connectivity index (χ0v) is 12.7. The van der Waals surface area contributed by atoms with Crippen molar-refractivity contribution >= 4 is 17.7 Å². The smallest absolute Gasteiger partial charge is 0.323 e. The Morgan fingerprint density at radius 1 is 1.48 bits per heavy atom. The molecule has 2 rings (SSSR count). The minimum atomic E-state index is -0.942. The van der Waals surface area contributed by atoms with Crippen LogP contribution in [0.5, 0.6) is 0 Å². The third kappa shape index (κ3) is 4.68. The van der Waals surface area contributed by atoms with Gasteiger partial charge >= 0.3 is 5.97 Å². The average Bonchev–Trinajstić information content (AvgIpc) is 3.22. The molecule has 2 N–H and O–H groups in total. The molecule has 0 bridgehead atoms. The Kier molecular flexibility index (Phi) is 5.22. The van der Waals surface area contributed by atoms with Crippen LogP contribution in [0.15, 0.2) is 23.1 Å². The summed E-state index contributed by atoms with van der Waals surface area (Å²) in [4.78, 5) is 11.6. The van der Waals surface area contributed by atoms with Gasteiger partial charge in [0.25, 0.3) is 0 Å². The molecule has 1 aliphatic rings. The Balaban J connectivity index is 1.82. The number of halogens is 2. The summed E-state index contributed by atoms with van der Waals surface area (Å²) in [5, 5.41) is 12.5. The molecule has 1 atom stereocenters. The first-order valence-electron chi connectivity index (χ1n) is 7.00. The van der Waals surface area contributed by atoms with E-state index < -0.39 is 23.1 Å². The molecule has 1 fully saturated rings. The summed E-state index contributed by atoms with van der Waals surface area (Å²) in [6.45, 7) is 1.68. The van der Waals surface area contributed by atoms with E-state index in [1.54, 1.807) is 6.92 Å². The van der Waals surface area contributed by atoms with Crippen LogP contribution in [0.2, 0.25) is 0 Å². The Morgan fingerprint density at radius 2 is 2.19 bits per heavy atom. The minimum absolute atomic E-state index is 0.266. The molecule has 0 heterocycles. The topological polar surface area (TPSA) is 49.3 Å². The van der Waals surface area contributed by atoms with Crippen molar-refractivity contribution in [2.24, 2.45) is 0 Å². The van der Waals surface area contributed by atoms with Gasteiger partial charge in [0.2, 0.25) is 0 Å². The van der Waals surface area contributed by atoms with Crippen molar-refractivity contribution in [3.63, 3.8) is 0 Å². The van der Waals surface area contributed by atoms with E-state index in [-0.39, 0.29) is 4.90 Å². The molecule has 116 valence electrons. The zero-order valence-electron chi connectivity index (χ0n) is 11.9. The number of hydrogen-bond acceptors (Lipinski definition) is 3. The van der Waals surface area contributed by atoms with Crippen molar-refractivity contribution in [3.8, 4) is 0 Å². The summed E-state index contributed by atoms with van der Waals surface area (Å²) in [5.74, 6) is -1.23. The Morgan fingerprint density at radius 3 is 2.81 bits per heavy atom. The van der Waals surface area contributed by atoms with E-state index in [1.807, 2.05) is 0 Å². The molecule has 6 heteroatoms. The van der Waals surface area contributed by atoms with Crippen molar-refractivity contribution in [3.05, 3.63) is 29.8 Å². The fourth-order valence-corrected chi connectivity index (χ4v) is 3.03. The highest BCUT2D eigenvalue weighted by Gasteiger charge is 2.37. The second kappa shape index (κ2) is 6.75. The molecule has 0 amide bonds. The summed E-state index contributed by atoms with van der Waals surface area (Å²) < 4.78 is 26.5. The van der Waals surface area contributed by atoms with Crippen LogP contribution in [-0.2, 0) is 4.79 Å². The van der Waals surface area contributed by atoms with E-state index in [0.29, 0.717) is 24.6 Å². The number of carbonyl (C=O) groups is 1. The van der Waals surface area contributed by atoms with Crippen molar-refractivity contribution in [2.75, 3.05) is 5.75 Å². The van der Waals surface area contributed by atoms with E-state index in [1.165, 1.54) is 17.8 Å². The van der Waals surface area contributed by atoms with Crippen LogP contribution in [0.1, 0.15) is 32.6 Å². The summed E-state index contributed by atoms with van der Waals surface area (Å²) >= 11 is 1.21. The lowest BCUT2D eigenvalue weighted by Gasteiger charge is -2.26. The highest BCUT2D eigenvalue weighted by molar-refractivity contribution is 7.99. The molecule has 1 aliphatic carbocycles. The Labute approximate surface area is 127 Å². The third-order valence-electron chi connectivity index (χ3n) is 3.54. The highest BCUT2D eigenvalue weighted by Crippen LogP contribution is 2.27. The van der Waals surface area contributed by atoms with E-state index >= 15 is 0 Å². The standard InChI is InChI=1S/C15H19F2NO2S/c1-15(14(19)20,18-11-4-5-11)7-2-8-21-13-9-10(16)3-6-12(13)17/h3,6,9,11,18H,2,4-5,7-8H2,1H3,(H,19,20). The number of hydrogen-bond donors (Lipinski definition) is 2. The SMILES string of the molecule is CC(CCCSc1cc(F)ccc1F)(NC1CC1)C(=O)O. The van der Waals surface area contributed by atoms with Gasteiger partial charge in [-0.2, -0.15) is 0 Å². The molecule has 1 saturated carbocycles. The second-order valence-corrected chi connectivity index (χ2v) is 6.72. The molecule has 0 radical (unpaired) electrons. The van der Waals surface area contributed by atoms with Gasteiger partial charge in [-0.1, -0.05) is 0 Å². The molecule has 1 unspecified atom stereocenters. The van der Waals surface area contributed by atoms with Gasteiger partial charge in [0, 0.05) is 10.9 Å². The van der Waals surface area contributed by atoms with Gasteiger partial charge in [0.05, 0.1) is 0 Å². The number of nitrogens with one attached hydrogen (secondary N) is 1. The molecule has 21 heavy (non-hydrogen) atoms. The fraction of sp³-hybridized carbons (Fsp3) is 0.533. The maximum Gasteiger partial charge on any atom is 0.323 e.